The monoisotopic (exact) mass is 228 g/mol. The largest absolute Gasteiger partial charge is 0.359 e. The summed E-state index contributed by atoms with van der Waals surface area (Å²) in [4.78, 5) is 11.0. The summed E-state index contributed by atoms with van der Waals surface area (Å²) < 4.78 is 0. The van der Waals surface area contributed by atoms with Crippen molar-refractivity contribution in [1.29, 1.82) is 0 Å². The van der Waals surface area contributed by atoms with Crippen LogP contribution in [0.2, 0.25) is 0 Å². The second-order valence-corrected chi connectivity index (χ2v) is 5.22. The van der Waals surface area contributed by atoms with Gasteiger partial charge < -0.3 is 10.6 Å². The third-order valence-electron chi connectivity index (χ3n) is 2.87. The van der Waals surface area contributed by atoms with Gasteiger partial charge >= 0.3 is 0 Å². The lowest BCUT2D eigenvalue weighted by Gasteiger charge is -2.25. The maximum Gasteiger partial charge on any atom is 0.221 e. The van der Waals surface area contributed by atoms with E-state index in [1.807, 2.05) is 0 Å². The van der Waals surface area contributed by atoms with Crippen molar-refractivity contribution in [2.75, 3.05) is 20.1 Å². The number of unbranched alkanes of at least 4 members (excludes halogenated alkanes) is 2. The van der Waals surface area contributed by atoms with Crippen LogP contribution in [0.5, 0.6) is 0 Å². The minimum atomic E-state index is 0.108. The van der Waals surface area contributed by atoms with Gasteiger partial charge in [-0.15, -0.1) is 0 Å². The first kappa shape index (κ1) is 15.4. The number of carbonyl (C=O) groups is 1. The lowest BCUT2D eigenvalue weighted by atomic mass is 9.87. The van der Waals surface area contributed by atoms with Gasteiger partial charge in [0.2, 0.25) is 5.91 Å². The second-order valence-electron chi connectivity index (χ2n) is 5.22. The Morgan fingerprint density at radius 1 is 1.25 bits per heavy atom. The van der Waals surface area contributed by atoms with Gasteiger partial charge in [0.25, 0.3) is 0 Å². The number of hydrogen-bond donors (Lipinski definition) is 2. The molecule has 0 aromatic rings. The first-order valence-corrected chi connectivity index (χ1v) is 6.43. The molecule has 3 heteroatoms. The van der Waals surface area contributed by atoms with Crippen molar-refractivity contribution in [2.45, 2.75) is 52.9 Å². The summed E-state index contributed by atoms with van der Waals surface area (Å²) >= 11 is 0. The van der Waals surface area contributed by atoms with E-state index in [1.165, 1.54) is 25.7 Å². The molecular weight excluding hydrogens is 200 g/mol. The summed E-state index contributed by atoms with van der Waals surface area (Å²) in [6.45, 7) is 8.57. The molecule has 0 heterocycles. The van der Waals surface area contributed by atoms with E-state index >= 15 is 0 Å². The molecule has 96 valence electrons. The Kier molecular flexibility index (Phi) is 8.26. The number of carbonyl (C=O) groups excluding carboxylic acids is 1. The fourth-order valence-electron chi connectivity index (χ4n) is 1.70. The standard InChI is InChI=1S/C13H28N2O/c1-5-6-7-9-13(2,3)11-15-10-8-12(16)14-4/h15H,5-11H2,1-4H3,(H,14,16). The molecular formula is C13H28N2O. The van der Waals surface area contributed by atoms with Crippen LogP contribution >= 0.6 is 0 Å². The Morgan fingerprint density at radius 3 is 2.50 bits per heavy atom. The highest BCUT2D eigenvalue weighted by atomic mass is 16.1. The van der Waals surface area contributed by atoms with Crippen molar-refractivity contribution in [3.05, 3.63) is 0 Å². The van der Waals surface area contributed by atoms with Gasteiger partial charge in [0, 0.05) is 26.6 Å². The van der Waals surface area contributed by atoms with Gasteiger partial charge in [-0.2, -0.15) is 0 Å². The Hall–Kier alpha value is -0.570. The summed E-state index contributed by atoms with van der Waals surface area (Å²) in [5, 5.41) is 5.98. The molecule has 0 aromatic heterocycles. The topological polar surface area (TPSA) is 41.1 Å². The molecule has 0 spiro atoms. The normalized spacial score (nSPS) is 11.5. The van der Waals surface area contributed by atoms with Crippen LogP contribution in [0.15, 0.2) is 0 Å². The van der Waals surface area contributed by atoms with Crippen LogP contribution in [0.1, 0.15) is 52.9 Å². The van der Waals surface area contributed by atoms with E-state index in [-0.39, 0.29) is 5.91 Å². The van der Waals surface area contributed by atoms with E-state index < -0.39 is 0 Å². The minimum Gasteiger partial charge on any atom is -0.359 e. The Balaban J connectivity index is 3.53. The van der Waals surface area contributed by atoms with E-state index in [0.29, 0.717) is 11.8 Å². The summed E-state index contributed by atoms with van der Waals surface area (Å²) in [5.41, 5.74) is 0.345. The number of hydrogen-bond acceptors (Lipinski definition) is 2. The summed E-state index contributed by atoms with van der Waals surface area (Å²) in [6, 6.07) is 0. The van der Waals surface area contributed by atoms with Crippen molar-refractivity contribution in [1.82, 2.24) is 10.6 Å². The highest BCUT2D eigenvalue weighted by Gasteiger charge is 2.16. The quantitative estimate of drug-likeness (QED) is 0.595. The second kappa shape index (κ2) is 8.57. The first-order chi connectivity index (χ1) is 7.52. The number of amides is 1. The van der Waals surface area contributed by atoms with Gasteiger partial charge in [0.05, 0.1) is 0 Å². The lowest BCUT2D eigenvalue weighted by Crippen LogP contribution is -2.32. The van der Waals surface area contributed by atoms with Crippen molar-refractivity contribution in [3.63, 3.8) is 0 Å². The van der Waals surface area contributed by atoms with Crippen LogP contribution in [0.25, 0.3) is 0 Å². The van der Waals surface area contributed by atoms with Crippen LogP contribution in [0.4, 0.5) is 0 Å². The Morgan fingerprint density at radius 2 is 1.94 bits per heavy atom. The molecule has 0 rings (SSSR count). The molecule has 0 fully saturated rings. The van der Waals surface area contributed by atoms with E-state index in [9.17, 15) is 4.79 Å². The molecule has 3 nitrogen and oxygen atoms in total. The third-order valence-corrected chi connectivity index (χ3v) is 2.87. The summed E-state index contributed by atoms with van der Waals surface area (Å²) in [5.74, 6) is 0.108. The molecule has 0 saturated carbocycles. The van der Waals surface area contributed by atoms with Crippen LogP contribution in [-0.4, -0.2) is 26.0 Å². The molecule has 1 amide bonds. The van der Waals surface area contributed by atoms with Crippen LogP contribution in [0, 0.1) is 5.41 Å². The van der Waals surface area contributed by atoms with Gasteiger partial charge in [-0.3, -0.25) is 4.79 Å². The smallest absolute Gasteiger partial charge is 0.221 e. The molecule has 0 aliphatic carbocycles. The average molecular weight is 228 g/mol. The SMILES string of the molecule is CCCCCC(C)(C)CNCCC(=O)NC. The highest BCUT2D eigenvalue weighted by Crippen LogP contribution is 2.22. The molecule has 0 saturated heterocycles. The molecule has 2 N–H and O–H groups in total. The average Bonchev–Trinajstić information content (AvgIpc) is 2.24. The molecule has 0 aliphatic rings. The summed E-state index contributed by atoms with van der Waals surface area (Å²) in [7, 11) is 1.68. The molecule has 0 bridgehead atoms. The third kappa shape index (κ3) is 8.72. The van der Waals surface area contributed by atoms with Crippen LogP contribution in [0.3, 0.4) is 0 Å². The van der Waals surface area contributed by atoms with Crippen molar-refractivity contribution < 1.29 is 4.79 Å². The van der Waals surface area contributed by atoms with Gasteiger partial charge in [0.1, 0.15) is 0 Å². The molecule has 0 aromatic carbocycles. The van der Waals surface area contributed by atoms with E-state index in [1.54, 1.807) is 7.05 Å². The van der Waals surface area contributed by atoms with Crippen molar-refractivity contribution >= 4 is 5.91 Å². The molecule has 0 radical (unpaired) electrons. The van der Waals surface area contributed by atoms with Gasteiger partial charge in [-0.1, -0.05) is 40.0 Å². The van der Waals surface area contributed by atoms with E-state index in [4.69, 9.17) is 0 Å². The highest BCUT2D eigenvalue weighted by molar-refractivity contribution is 5.75. The van der Waals surface area contributed by atoms with Gasteiger partial charge in [-0.25, -0.2) is 0 Å². The fourth-order valence-corrected chi connectivity index (χ4v) is 1.70. The first-order valence-electron chi connectivity index (χ1n) is 6.43. The predicted molar refractivity (Wildman–Crippen MR) is 69.5 cm³/mol. The van der Waals surface area contributed by atoms with E-state index in [0.717, 1.165) is 13.1 Å². The Bertz CT molecular complexity index is 190. The lowest BCUT2D eigenvalue weighted by molar-refractivity contribution is -0.120. The molecule has 16 heavy (non-hydrogen) atoms. The maximum absolute atomic E-state index is 11.0. The molecule has 0 aliphatic heterocycles. The van der Waals surface area contributed by atoms with Crippen LogP contribution < -0.4 is 10.6 Å². The van der Waals surface area contributed by atoms with Gasteiger partial charge in [-0.05, 0) is 11.8 Å². The number of nitrogens with one attached hydrogen (secondary N) is 2. The van der Waals surface area contributed by atoms with Crippen molar-refractivity contribution in [3.8, 4) is 0 Å². The van der Waals surface area contributed by atoms with E-state index in [2.05, 4.69) is 31.4 Å². The molecule has 0 unspecified atom stereocenters. The summed E-state index contributed by atoms with van der Waals surface area (Å²) in [6.07, 6.45) is 5.73. The predicted octanol–water partition coefficient (Wildman–Crippen LogP) is 2.32. The minimum absolute atomic E-state index is 0.108. The van der Waals surface area contributed by atoms with Gasteiger partial charge in [0.15, 0.2) is 0 Å². The fraction of sp³-hybridized carbons (Fsp3) is 0.923. The maximum atomic E-state index is 11.0. The zero-order valence-electron chi connectivity index (χ0n) is 11.4. The zero-order chi connectivity index (χ0) is 12.4. The molecule has 0 atom stereocenters. The zero-order valence-corrected chi connectivity index (χ0v) is 11.4. The number of rotatable bonds is 9. The van der Waals surface area contributed by atoms with Crippen molar-refractivity contribution in [2.24, 2.45) is 5.41 Å². The Labute approximate surface area is 100 Å². The van der Waals surface area contributed by atoms with Crippen LogP contribution in [-0.2, 0) is 4.79 Å².